The number of nitrogens with zero attached hydrogens (tertiary/aromatic N) is 1. The van der Waals surface area contributed by atoms with E-state index in [1.165, 1.54) is 17.8 Å². The predicted molar refractivity (Wildman–Crippen MR) is 69.2 cm³/mol. The van der Waals surface area contributed by atoms with Gasteiger partial charge in [0.15, 0.2) is 0 Å². The summed E-state index contributed by atoms with van der Waals surface area (Å²) in [6, 6.07) is -0.140. The van der Waals surface area contributed by atoms with E-state index in [9.17, 15) is 4.79 Å². The van der Waals surface area contributed by atoms with Gasteiger partial charge in [-0.3, -0.25) is 0 Å². The number of nitrogens with one attached hydrogen (secondary N) is 2. The molecular formula is C12H19N3OS. The lowest BCUT2D eigenvalue weighted by molar-refractivity contribution is 0.231. The first-order valence-electron chi connectivity index (χ1n) is 5.94. The molecule has 1 aromatic heterocycles. The largest absolute Gasteiger partial charge is 0.334 e. The number of carbonyl (C=O) groups excluding carboxylic acids is 1. The Kier molecular flexibility index (Phi) is 3.38. The summed E-state index contributed by atoms with van der Waals surface area (Å²) in [6.07, 6.45) is 2.54. The third kappa shape index (κ3) is 4.00. The SMILES string of the molecule is CC(C)(C)NC(=O)NCc1csc(C2CC2)n1. The summed E-state index contributed by atoms with van der Waals surface area (Å²) in [5.41, 5.74) is 0.756. The average molecular weight is 253 g/mol. The van der Waals surface area contributed by atoms with E-state index < -0.39 is 0 Å². The summed E-state index contributed by atoms with van der Waals surface area (Å²) in [5, 5.41) is 8.93. The zero-order chi connectivity index (χ0) is 12.5. The molecule has 4 nitrogen and oxygen atoms in total. The molecule has 1 aromatic rings. The van der Waals surface area contributed by atoms with Gasteiger partial charge in [0.1, 0.15) is 0 Å². The van der Waals surface area contributed by atoms with Crippen LogP contribution in [-0.2, 0) is 6.54 Å². The average Bonchev–Trinajstić information content (AvgIpc) is 2.93. The fourth-order valence-electron chi connectivity index (χ4n) is 1.48. The van der Waals surface area contributed by atoms with E-state index in [2.05, 4.69) is 15.6 Å². The number of urea groups is 1. The molecule has 1 saturated carbocycles. The highest BCUT2D eigenvalue weighted by molar-refractivity contribution is 7.09. The van der Waals surface area contributed by atoms with E-state index in [0.717, 1.165) is 5.69 Å². The van der Waals surface area contributed by atoms with Gasteiger partial charge in [-0.15, -0.1) is 11.3 Å². The van der Waals surface area contributed by atoms with E-state index in [-0.39, 0.29) is 11.6 Å². The van der Waals surface area contributed by atoms with Gasteiger partial charge in [-0.25, -0.2) is 9.78 Å². The summed E-state index contributed by atoms with van der Waals surface area (Å²) < 4.78 is 0. The van der Waals surface area contributed by atoms with Crippen LogP contribution in [0.1, 0.15) is 50.2 Å². The minimum Gasteiger partial charge on any atom is -0.334 e. The number of amides is 2. The highest BCUT2D eigenvalue weighted by Crippen LogP contribution is 2.41. The second-order valence-electron chi connectivity index (χ2n) is 5.51. The highest BCUT2D eigenvalue weighted by Gasteiger charge is 2.26. The van der Waals surface area contributed by atoms with Crippen LogP contribution in [0.4, 0.5) is 4.79 Å². The molecule has 17 heavy (non-hydrogen) atoms. The highest BCUT2D eigenvalue weighted by atomic mass is 32.1. The third-order valence-corrected chi connectivity index (χ3v) is 3.47. The van der Waals surface area contributed by atoms with E-state index in [0.29, 0.717) is 12.5 Å². The predicted octanol–water partition coefficient (Wildman–Crippen LogP) is 2.62. The molecule has 1 fully saturated rings. The Labute approximate surface area is 106 Å². The van der Waals surface area contributed by atoms with Crippen molar-refractivity contribution >= 4 is 17.4 Å². The van der Waals surface area contributed by atoms with Gasteiger partial charge in [-0.1, -0.05) is 0 Å². The topological polar surface area (TPSA) is 54.0 Å². The maximum atomic E-state index is 11.5. The van der Waals surface area contributed by atoms with Gasteiger partial charge in [0.05, 0.1) is 17.2 Å². The molecule has 0 aliphatic heterocycles. The Hall–Kier alpha value is -1.10. The van der Waals surface area contributed by atoms with Crippen molar-refractivity contribution in [2.75, 3.05) is 0 Å². The van der Waals surface area contributed by atoms with Crippen LogP contribution in [0.5, 0.6) is 0 Å². The zero-order valence-electron chi connectivity index (χ0n) is 10.5. The number of rotatable bonds is 3. The quantitative estimate of drug-likeness (QED) is 0.870. The Morgan fingerprint density at radius 3 is 2.82 bits per heavy atom. The normalized spacial score (nSPS) is 15.7. The number of aromatic nitrogens is 1. The van der Waals surface area contributed by atoms with Gasteiger partial charge in [0.2, 0.25) is 0 Å². The van der Waals surface area contributed by atoms with Gasteiger partial charge in [0.25, 0.3) is 0 Å². The number of hydrogen-bond acceptors (Lipinski definition) is 3. The third-order valence-electron chi connectivity index (χ3n) is 2.41. The van der Waals surface area contributed by atoms with E-state index in [4.69, 9.17) is 0 Å². The Morgan fingerprint density at radius 1 is 1.53 bits per heavy atom. The van der Waals surface area contributed by atoms with Crippen LogP contribution >= 0.6 is 11.3 Å². The van der Waals surface area contributed by atoms with Crippen molar-refractivity contribution in [2.45, 2.75) is 51.6 Å². The maximum absolute atomic E-state index is 11.5. The van der Waals surface area contributed by atoms with Gasteiger partial charge in [0, 0.05) is 16.8 Å². The lowest BCUT2D eigenvalue weighted by Gasteiger charge is -2.20. The molecule has 1 aliphatic carbocycles. The fraction of sp³-hybridized carbons (Fsp3) is 0.667. The van der Waals surface area contributed by atoms with E-state index >= 15 is 0 Å². The van der Waals surface area contributed by atoms with Crippen molar-refractivity contribution in [1.29, 1.82) is 0 Å². The molecule has 0 radical (unpaired) electrons. The van der Waals surface area contributed by atoms with Crippen LogP contribution in [0, 0.1) is 0 Å². The van der Waals surface area contributed by atoms with Gasteiger partial charge in [-0.2, -0.15) is 0 Å². The molecule has 0 bridgehead atoms. The summed E-state index contributed by atoms with van der Waals surface area (Å²) in [7, 11) is 0. The summed E-state index contributed by atoms with van der Waals surface area (Å²) >= 11 is 1.70. The Balaban J connectivity index is 1.78. The smallest absolute Gasteiger partial charge is 0.315 e. The molecule has 1 aliphatic rings. The van der Waals surface area contributed by atoms with Gasteiger partial charge in [-0.05, 0) is 33.6 Å². The lowest BCUT2D eigenvalue weighted by Crippen LogP contribution is -2.46. The van der Waals surface area contributed by atoms with Crippen molar-refractivity contribution in [3.05, 3.63) is 16.1 Å². The van der Waals surface area contributed by atoms with Crippen LogP contribution in [-0.4, -0.2) is 16.6 Å². The molecule has 5 heteroatoms. The molecule has 0 saturated heterocycles. The lowest BCUT2D eigenvalue weighted by atomic mass is 10.1. The van der Waals surface area contributed by atoms with Crippen LogP contribution in [0.3, 0.4) is 0 Å². The molecule has 2 N–H and O–H groups in total. The first kappa shape index (κ1) is 12.4. The van der Waals surface area contributed by atoms with Crippen molar-refractivity contribution in [3.8, 4) is 0 Å². The molecular weight excluding hydrogens is 234 g/mol. The molecule has 0 aromatic carbocycles. The second-order valence-corrected chi connectivity index (χ2v) is 6.40. The van der Waals surface area contributed by atoms with Crippen LogP contribution < -0.4 is 10.6 Å². The first-order chi connectivity index (χ1) is 7.94. The van der Waals surface area contributed by atoms with E-state index in [1.807, 2.05) is 26.2 Å². The number of carbonyl (C=O) groups is 1. The molecule has 94 valence electrons. The number of thiazole rings is 1. The zero-order valence-corrected chi connectivity index (χ0v) is 11.4. The summed E-state index contributed by atoms with van der Waals surface area (Å²) in [5.74, 6) is 0.692. The van der Waals surface area contributed by atoms with Crippen molar-refractivity contribution in [1.82, 2.24) is 15.6 Å². The standard InChI is InChI=1S/C12H19N3OS/c1-12(2,3)15-11(16)13-6-9-7-17-10(14-9)8-4-5-8/h7-8H,4-6H2,1-3H3,(H2,13,15,16). The first-order valence-corrected chi connectivity index (χ1v) is 6.82. The Bertz CT molecular complexity index is 404. The van der Waals surface area contributed by atoms with Crippen LogP contribution in [0.2, 0.25) is 0 Å². The molecule has 1 heterocycles. The van der Waals surface area contributed by atoms with Crippen LogP contribution in [0.15, 0.2) is 5.38 Å². The van der Waals surface area contributed by atoms with Gasteiger partial charge < -0.3 is 10.6 Å². The minimum absolute atomic E-state index is 0.140. The molecule has 0 spiro atoms. The monoisotopic (exact) mass is 253 g/mol. The van der Waals surface area contributed by atoms with Crippen molar-refractivity contribution in [2.24, 2.45) is 0 Å². The van der Waals surface area contributed by atoms with Crippen LogP contribution in [0.25, 0.3) is 0 Å². The van der Waals surface area contributed by atoms with E-state index in [1.54, 1.807) is 11.3 Å². The molecule has 2 amide bonds. The fourth-order valence-corrected chi connectivity index (χ4v) is 2.47. The summed E-state index contributed by atoms with van der Waals surface area (Å²) in [4.78, 5) is 16.1. The molecule has 0 atom stereocenters. The molecule has 2 rings (SSSR count). The summed E-state index contributed by atoms with van der Waals surface area (Å²) in [6.45, 7) is 6.38. The maximum Gasteiger partial charge on any atom is 0.315 e. The second kappa shape index (κ2) is 4.64. The minimum atomic E-state index is -0.203. The Morgan fingerprint density at radius 2 is 2.24 bits per heavy atom. The van der Waals surface area contributed by atoms with Gasteiger partial charge >= 0.3 is 6.03 Å². The molecule has 0 unspecified atom stereocenters. The number of hydrogen-bond donors (Lipinski definition) is 2. The van der Waals surface area contributed by atoms with Crippen molar-refractivity contribution in [3.63, 3.8) is 0 Å². The van der Waals surface area contributed by atoms with Crippen molar-refractivity contribution < 1.29 is 4.79 Å².